The maximum absolute atomic E-state index is 11.1. The molecule has 0 saturated carbocycles. The van der Waals surface area contributed by atoms with Crippen molar-refractivity contribution < 1.29 is 9.53 Å². The highest BCUT2D eigenvalue weighted by atomic mass is 16.5. The summed E-state index contributed by atoms with van der Waals surface area (Å²) in [6.07, 6.45) is 1.36. The Labute approximate surface area is 78.3 Å². The lowest BCUT2D eigenvalue weighted by molar-refractivity contribution is -0.150. The van der Waals surface area contributed by atoms with Gasteiger partial charge in [-0.1, -0.05) is 20.4 Å². The van der Waals surface area contributed by atoms with Crippen molar-refractivity contribution in [3.63, 3.8) is 0 Å². The molecule has 0 aliphatic heterocycles. The Morgan fingerprint density at radius 3 is 2.62 bits per heavy atom. The molecule has 0 radical (unpaired) electrons. The van der Waals surface area contributed by atoms with Gasteiger partial charge in [0, 0.05) is 6.20 Å². The van der Waals surface area contributed by atoms with Crippen molar-refractivity contribution in [1.82, 2.24) is 5.01 Å². The Hall–Kier alpha value is -1.07. The summed E-state index contributed by atoms with van der Waals surface area (Å²) in [4.78, 5) is 11.1. The molecule has 4 N–H and O–H groups in total. The first-order valence-corrected chi connectivity index (χ1v) is 4.05. The van der Waals surface area contributed by atoms with Crippen molar-refractivity contribution in [2.75, 3.05) is 6.73 Å². The van der Waals surface area contributed by atoms with E-state index in [1.807, 2.05) is 13.8 Å². The molecule has 5 nitrogen and oxygen atoms in total. The standard InChI is InChI=1S/C8H17N3O2/c1-4-11(10)5-13-8(12)7(9)6(2)3/h4,6-7H,1,5,9-10H2,2-3H3/t7-/m0/s1. The van der Waals surface area contributed by atoms with Crippen LogP contribution in [-0.4, -0.2) is 23.8 Å². The van der Waals surface area contributed by atoms with Gasteiger partial charge in [0.05, 0.1) is 0 Å². The predicted octanol–water partition coefficient (Wildman–Crippen LogP) is -0.210. The second-order valence-electron chi connectivity index (χ2n) is 3.06. The summed E-state index contributed by atoms with van der Waals surface area (Å²) in [5.74, 6) is 4.90. The summed E-state index contributed by atoms with van der Waals surface area (Å²) in [6.45, 7) is 7.07. The van der Waals surface area contributed by atoms with Gasteiger partial charge in [-0.25, -0.2) is 5.84 Å². The highest BCUT2D eigenvalue weighted by Crippen LogP contribution is 2.00. The van der Waals surface area contributed by atoms with Crippen LogP contribution in [0.5, 0.6) is 0 Å². The van der Waals surface area contributed by atoms with Crippen molar-refractivity contribution in [2.24, 2.45) is 17.5 Å². The molecule has 0 fully saturated rings. The third-order valence-corrected chi connectivity index (χ3v) is 1.58. The lowest BCUT2D eigenvalue weighted by Crippen LogP contribution is -2.39. The van der Waals surface area contributed by atoms with Gasteiger partial charge >= 0.3 is 5.97 Å². The van der Waals surface area contributed by atoms with E-state index in [1.165, 1.54) is 6.20 Å². The van der Waals surface area contributed by atoms with E-state index in [4.69, 9.17) is 16.3 Å². The highest BCUT2D eigenvalue weighted by molar-refractivity contribution is 5.75. The van der Waals surface area contributed by atoms with Gasteiger partial charge in [0.1, 0.15) is 6.04 Å². The van der Waals surface area contributed by atoms with Crippen LogP contribution in [0.2, 0.25) is 0 Å². The normalized spacial score (nSPS) is 12.4. The molecule has 0 heterocycles. The number of hydrazine groups is 1. The van der Waals surface area contributed by atoms with Gasteiger partial charge in [-0.2, -0.15) is 0 Å². The molecule has 1 atom stereocenters. The molecule has 0 unspecified atom stereocenters. The zero-order chi connectivity index (χ0) is 10.4. The number of esters is 1. The largest absolute Gasteiger partial charge is 0.442 e. The molecule has 0 aliphatic carbocycles. The van der Waals surface area contributed by atoms with E-state index in [2.05, 4.69) is 6.58 Å². The summed E-state index contributed by atoms with van der Waals surface area (Å²) in [7, 11) is 0. The number of rotatable bonds is 5. The minimum absolute atomic E-state index is 0.0250. The number of nitrogens with two attached hydrogens (primary N) is 2. The number of carbonyl (C=O) groups is 1. The van der Waals surface area contributed by atoms with Crippen LogP contribution in [0.15, 0.2) is 12.8 Å². The average molecular weight is 187 g/mol. The Bertz CT molecular complexity index is 182. The van der Waals surface area contributed by atoms with E-state index < -0.39 is 12.0 Å². The molecule has 0 rings (SSSR count). The number of nitrogens with zero attached hydrogens (tertiary/aromatic N) is 1. The molecule has 5 heteroatoms. The fourth-order valence-electron chi connectivity index (χ4n) is 0.559. The first-order valence-electron chi connectivity index (χ1n) is 4.05. The van der Waals surface area contributed by atoms with Crippen LogP contribution in [0.3, 0.4) is 0 Å². The first kappa shape index (κ1) is 11.9. The third-order valence-electron chi connectivity index (χ3n) is 1.58. The molecule has 0 bridgehead atoms. The summed E-state index contributed by atoms with van der Waals surface area (Å²) in [5, 5.41) is 1.16. The average Bonchev–Trinajstić information content (AvgIpc) is 2.11. The summed E-state index contributed by atoms with van der Waals surface area (Å²) in [6, 6.07) is -0.599. The quantitative estimate of drug-likeness (QED) is 0.269. The Balaban J connectivity index is 3.80. The molecular formula is C8H17N3O2. The van der Waals surface area contributed by atoms with E-state index in [9.17, 15) is 4.79 Å². The van der Waals surface area contributed by atoms with Crippen molar-refractivity contribution in [3.8, 4) is 0 Å². The second-order valence-corrected chi connectivity index (χ2v) is 3.06. The monoisotopic (exact) mass is 187 g/mol. The fraction of sp³-hybridized carbons (Fsp3) is 0.625. The van der Waals surface area contributed by atoms with Gasteiger partial charge in [-0.15, -0.1) is 0 Å². The van der Waals surface area contributed by atoms with Crippen molar-refractivity contribution >= 4 is 5.97 Å². The molecule has 0 aromatic heterocycles. The van der Waals surface area contributed by atoms with Crippen molar-refractivity contribution in [3.05, 3.63) is 12.8 Å². The van der Waals surface area contributed by atoms with Gasteiger partial charge in [0.2, 0.25) is 0 Å². The first-order chi connectivity index (χ1) is 5.99. The molecule has 0 aromatic carbocycles. The van der Waals surface area contributed by atoms with Gasteiger partial charge in [0.25, 0.3) is 0 Å². The minimum atomic E-state index is -0.599. The van der Waals surface area contributed by atoms with Gasteiger partial charge in [-0.3, -0.25) is 9.80 Å². The maximum Gasteiger partial charge on any atom is 0.324 e. The van der Waals surface area contributed by atoms with Crippen LogP contribution in [0.4, 0.5) is 0 Å². The van der Waals surface area contributed by atoms with Crippen LogP contribution < -0.4 is 11.6 Å². The van der Waals surface area contributed by atoms with E-state index >= 15 is 0 Å². The highest BCUT2D eigenvalue weighted by Gasteiger charge is 2.18. The smallest absolute Gasteiger partial charge is 0.324 e. The van der Waals surface area contributed by atoms with E-state index in [0.29, 0.717) is 0 Å². The lowest BCUT2D eigenvalue weighted by Gasteiger charge is -2.17. The fourth-order valence-corrected chi connectivity index (χ4v) is 0.559. The van der Waals surface area contributed by atoms with Crippen LogP contribution in [0.1, 0.15) is 13.8 Å². The van der Waals surface area contributed by atoms with E-state index in [-0.39, 0.29) is 12.6 Å². The van der Waals surface area contributed by atoms with E-state index in [0.717, 1.165) is 5.01 Å². The third kappa shape index (κ3) is 4.49. The Kier molecular flexibility index (Phi) is 5.10. The van der Waals surface area contributed by atoms with Crippen LogP contribution in [-0.2, 0) is 9.53 Å². The van der Waals surface area contributed by atoms with Gasteiger partial charge in [-0.05, 0) is 5.92 Å². The number of ether oxygens (including phenoxy) is 1. The SMILES string of the molecule is C=CN(N)COC(=O)[C@@H](N)C(C)C. The van der Waals surface area contributed by atoms with E-state index in [1.54, 1.807) is 0 Å². The predicted molar refractivity (Wildman–Crippen MR) is 50.0 cm³/mol. The molecule has 13 heavy (non-hydrogen) atoms. The Morgan fingerprint density at radius 2 is 2.23 bits per heavy atom. The topological polar surface area (TPSA) is 81.6 Å². The zero-order valence-electron chi connectivity index (χ0n) is 8.06. The lowest BCUT2D eigenvalue weighted by atomic mass is 10.1. The van der Waals surface area contributed by atoms with Gasteiger partial charge in [0.15, 0.2) is 6.73 Å². The minimum Gasteiger partial charge on any atom is -0.442 e. The number of hydrogen-bond donors (Lipinski definition) is 2. The van der Waals surface area contributed by atoms with Crippen molar-refractivity contribution in [2.45, 2.75) is 19.9 Å². The summed E-state index contributed by atoms with van der Waals surface area (Å²) in [5.41, 5.74) is 5.53. The number of hydrogen-bond acceptors (Lipinski definition) is 5. The van der Waals surface area contributed by atoms with Gasteiger partial charge < -0.3 is 10.5 Å². The Morgan fingerprint density at radius 1 is 1.69 bits per heavy atom. The molecule has 76 valence electrons. The molecular weight excluding hydrogens is 170 g/mol. The molecule has 0 aliphatic rings. The molecule has 0 amide bonds. The zero-order valence-corrected chi connectivity index (χ0v) is 8.06. The molecule has 0 aromatic rings. The van der Waals surface area contributed by atoms with Crippen LogP contribution >= 0.6 is 0 Å². The maximum atomic E-state index is 11.1. The van der Waals surface area contributed by atoms with Crippen LogP contribution in [0, 0.1) is 5.92 Å². The molecule has 0 saturated heterocycles. The number of carbonyl (C=O) groups excluding carboxylic acids is 1. The summed E-state index contributed by atoms with van der Waals surface area (Å²) >= 11 is 0. The van der Waals surface area contributed by atoms with Crippen molar-refractivity contribution in [1.29, 1.82) is 0 Å². The second kappa shape index (κ2) is 5.55. The molecule has 0 spiro atoms. The summed E-state index contributed by atoms with van der Waals surface area (Å²) < 4.78 is 4.78. The van der Waals surface area contributed by atoms with Crippen LogP contribution in [0.25, 0.3) is 0 Å².